The van der Waals surface area contributed by atoms with Gasteiger partial charge in [-0.3, -0.25) is 0 Å². The summed E-state index contributed by atoms with van der Waals surface area (Å²) in [5.41, 5.74) is 1.70. The first-order chi connectivity index (χ1) is 9.83. The quantitative estimate of drug-likeness (QED) is 0.839. The summed E-state index contributed by atoms with van der Waals surface area (Å²) in [5.74, 6) is 0.845. The molecule has 0 atom stereocenters. The van der Waals surface area contributed by atoms with E-state index in [1.54, 1.807) is 0 Å². The summed E-state index contributed by atoms with van der Waals surface area (Å²) in [6.45, 7) is 2.43. The Morgan fingerprint density at radius 3 is 2.50 bits per heavy atom. The van der Waals surface area contributed by atoms with Gasteiger partial charge in [0, 0.05) is 18.5 Å². The zero-order chi connectivity index (χ0) is 13.8. The van der Waals surface area contributed by atoms with Crippen LogP contribution in [-0.2, 0) is 0 Å². The fourth-order valence-corrected chi connectivity index (χ4v) is 3.68. The van der Waals surface area contributed by atoms with Crippen molar-refractivity contribution in [1.29, 1.82) is 5.26 Å². The summed E-state index contributed by atoms with van der Waals surface area (Å²) in [6, 6.07) is 10.1. The van der Waals surface area contributed by atoms with Crippen molar-refractivity contribution >= 4 is 5.69 Å². The fourth-order valence-electron chi connectivity index (χ4n) is 3.68. The first kappa shape index (κ1) is 13.3. The minimum absolute atomic E-state index is 0.121. The van der Waals surface area contributed by atoms with Crippen LogP contribution >= 0.6 is 0 Å². The maximum atomic E-state index is 8.67. The second-order valence-electron chi connectivity index (χ2n) is 6.18. The lowest BCUT2D eigenvalue weighted by Crippen LogP contribution is -2.56. The topological polar surface area (TPSA) is 36.3 Å². The van der Waals surface area contributed by atoms with Crippen LogP contribution in [0, 0.1) is 16.7 Å². The molecule has 1 aliphatic heterocycles. The lowest BCUT2D eigenvalue weighted by atomic mass is 9.73. The van der Waals surface area contributed by atoms with E-state index in [0.717, 1.165) is 24.5 Å². The van der Waals surface area contributed by atoms with Crippen LogP contribution in [0.1, 0.15) is 38.5 Å². The molecule has 0 unspecified atom stereocenters. The lowest BCUT2D eigenvalue weighted by molar-refractivity contribution is 0.179. The zero-order valence-electron chi connectivity index (χ0n) is 12.0. The van der Waals surface area contributed by atoms with Gasteiger partial charge in [-0.05, 0) is 25.0 Å². The second-order valence-corrected chi connectivity index (χ2v) is 6.18. The van der Waals surface area contributed by atoms with Crippen LogP contribution in [-0.4, -0.2) is 19.7 Å². The van der Waals surface area contributed by atoms with Crippen molar-refractivity contribution in [3.63, 3.8) is 0 Å². The van der Waals surface area contributed by atoms with E-state index in [-0.39, 0.29) is 6.61 Å². The molecule has 2 fully saturated rings. The van der Waals surface area contributed by atoms with E-state index in [1.165, 1.54) is 38.5 Å². The first-order valence-corrected chi connectivity index (χ1v) is 7.67. The van der Waals surface area contributed by atoms with Gasteiger partial charge in [0.05, 0.1) is 5.69 Å². The SMILES string of the molecule is N#CCOc1ccccc1N1CC2(CCCCCC2)C1. The number of anilines is 1. The summed E-state index contributed by atoms with van der Waals surface area (Å²) in [5, 5.41) is 8.67. The molecule has 1 saturated carbocycles. The van der Waals surface area contributed by atoms with E-state index in [1.807, 2.05) is 24.3 Å². The molecule has 1 aliphatic carbocycles. The molecule has 0 aromatic heterocycles. The largest absolute Gasteiger partial charge is 0.477 e. The van der Waals surface area contributed by atoms with Crippen LogP contribution in [0.5, 0.6) is 5.75 Å². The molecule has 1 saturated heterocycles. The third-order valence-electron chi connectivity index (χ3n) is 4.71. The Morgan fingerprint density at radius 2 is 1.80 bits per heavy atom. The van der Waals surface area contributed by atoms with Gasteiger partial charge >= 0.3 is 0 Å². The monoisotopic (exact) mass is 270 g/mol. The second kappa shape index (κ2) is 5.75. The van der Waals surface area contributed by atoms with Crippen LogP contribution in [0.15, 0.2) is 24.3 Å². The van der Waals surface area contributed by atoms with Gasteiger partial charge in [-0.1, -0.05) is 37.8 Å². The molecule has 3 heteroatoms. The highest BCUT2D eigenvalue weighted by atomic mass is 16.5. The Kier molecular flexibility index (Phi) is 3.82. The average molecular weight is 270 g/mol. The Morgan fingerprint density at radius 1 is 1.10 bits per heavy atom. The summed E-state index contributed by atoms with van der Waals surface area (Å²) in [6.07, 6.45) is 8.35. The van der Waals surface area contributed by atoms with E-state index in [0.29, 0.717) is 5.41 Å². The van der Waals surface area contributed by atoms with Gasteiger partial charge in [-0.15, -0.1) is 0 Å². The summed E-state index contributed by atoms with van der Waals surface area (Å²) in [4.78, 5) is 2.41. The number of nitrogens with zero attached hydrogens (tertiary/aromatic N) is 2. The Hall–Kier alpha value is -1.69. The summed E-state index contributed by atoms with van der Waals surface area (Å²) in [7, 11) is 0. The van der Waals surface area contributed by atoms with Gasteiger partial charge in [-0.25, -0.2) is 0 Å². The molecule has 0 bridgehead atoms. The minimum Gasteiger partial charge on any atom is -0.477 e. The minimum atomic E-state index is 0.121. The van der Waals surface area contributed by atoms with Crippen LogP contribution in [0.4, 0.5) is 5.69 Å². The zero-order valence-corrected chi connectivity index (χ0v) is 12.0. The molecule has 3 rings (SSSR count). The summed E-state index contributed by atoms with van der Waals surface area (Å²) < 4.78 is 5.54. The Balaban J connectivity index is 1.68. The van der Waals surface area contributed by atoms with E-state index < -0.39 is 0 Å². The predicted octanol–water partition coefficient (Wildman–Crippen LogP) is 3.75. The molecule has 0 N–H and O–H groups in total. The molecule has 1 heterocycles. The van der Waals surface area contributed by atoms with E-state index in [2.05, 4.69) is 11.0 Å². The number of ether oxygens (including phenoxy) is 1. The van der Waals surface area contributed by atoms with Crippen molar-refractivity contribution in [1.82, 2.24) is 0 Å². The molecule has 1 aromatic carbocycles. The molecule has 1 aromatic rings. The standard InChI is InChI=1S/C17H22N2O/c18-11-12-20-16-8-4-3-7-15(16)19-13-17(14-19)9-5-1-2-6-10-17/h3-4,7-8H,1-2,5-6,9-10,12-14H2. The number of rotatable bonds is 3. The smallest absolute Gasteiger partial charge is 0.174 e. The van der Waals surface area contributed by atoms with Crippen molar-refractivity contribution in [3.8, 4) is 11.8 Å². The average Bonchev–Trinajstić information content (AvgIpc) is 2.70. The highest BCUT2D eigenvalue weighted by molar-refractivity contribution is 5.60. The normalized spacial score (nSPS) is 20.9. The van der Waals surface area contributed by atoms with E-state index >= 15 is 0 Å². The molecule has 0 radical (unpaired) electrons. The highest BCUT2D eigenvalue weighted by Gasteiger charge is 2.43. The molecule has 3 nitrogen and oxygen atoms in total. The van der Waals surface area contributed by atoms with Gasteiger partial charge in [0.15, 0.2) is 6.61 Å². The van der Waals surface area contributed by atoms with Crippen LogP contribution < -0.4 is 9.64 Å². The van der Waals surface area contributed by atoms with Crippen LogP contribution in [0.3, 0.4) is 0 Å². The van der Waals surface area contributed by atoms with E-state index in [4.69, 9.17) is 10.00 Å². The number of para-hydroxylation sites is 2. The number of hydrogen-bond donors (Lipinski definition) is 0. The van der Waals surface area contributed by atoms with Crippen molar-refractivity contribution < 1.29 is 4.74 Å². The first-order valence-electron chi connectivity index (χ1n) is 7.67. The molecule has 0 amide bonds. The fraction of sp³-hybridized carbons (Fsp3) is 0.588. The molecule has 106 valence electrons. The molecule has 2 aliphatic rings. The molecular formula is C17H22N2O. The van der Waals surface area contributed by atoms with Gasteiger partial charge in [0.2, 0.25) is 0 Å². The van der Waals surface area contributed by atoms with Crippen LogP contribution in [0.2, 0.25) is 0 Å². The van der Waals surface area contributed by atoms with Crippen LogP contribution in [0.25, 0.3) is 0 Å². The van der Waals surface area contributed by atoms with Crippen molar-refractivity contribution in [2.24, 2.45) is 5.41 Å². The number of hydrogen-bond acceptors (Lipinski definition) is 3. The van der Waals surface area contributed by atoms with Gasteiger partial charge in [0.1, 0.15) is 11.8 Å². The molecule has 20 heavy (non-hydrogen) atoms. The number of benzene rings is 1. The van der Waals surface area contributed by atoms with Gasteiger partial charge in [0.25, 0.3) is 0 Å². The summed E-state index contributed by atoms with van der Waals surface area (Å²) >= 11 is 0. The number of nitriles is 1. The lowest BCUT2D eigenvalue weighted by Gasteiger charge is -2.52. The van der Waals surface area contributed by atoms with Gasteiger partial charge < -0.3 is 9.64 Å². The molecular weight excluding hydrogens is 248 g/mol. The van der Waals surface area contributed by atoms with Gasteiger partial charge in [-0.2, -0.15) is 5.26 Å². The maximum absolute atomic E-state index is 8.67. The Bertz CT molecular complexity index is 490. The van der Waals surface area contributed by atoms with Crippen molar-refractivity contribution in [2.45, 2.75) is 38.5 Å². The predicted molar refractivity (Wildman–Crippen MR) is 79.9 cm³/mol. The molecule has 1 spiro atoms. The highest BCUT2D eigenvalue weighted by Crippen LogP contribution is 2.46. The Labute approximate surface area is 121 Å². The van der Waals surface area contributed by atoms with Crippen molar-refractivity contribution in [2.75, 3.05) is 24.6 Å². The third-order valence-corrected chi connectivity index (χ3v) is 4.71. The van der Waals surface area contributed by atoms with Crippen molar-refractivity contribution in [3.05, 3.63) is 24.3 Å². The third kappa shape index (κ3) is 2.60. The van der Waals surface area contributed by atoms with E-state index in [9.17, 15) is 0 Å². The maximum Gasteiger partial charge on any atom is 0.174 e.